The molecule has 122 valence electrons. The molecule has 0 aliphatic carbocycles. The van der Waals surface area contributed by atoms with Gasteiger partial charge in [-0.25, -0.2) is 13.1 Å². The number of hydrogen-bond acceptors (Lipinski definition) is 3. The predicted octanol–water partition coefficient (Wildman–Crippen LogP) is 2.22. The van der Waals surface area contributed by atoms with Crippen molar-refractivity contribution in [1.82, 2.24) is 10.0 Å². The molecule has 2 N–H and O–H groups in total. The number of amides is 1. The quantitative estimate of drug-likeness (QED) is 0.852. The van der Waals surface area contributed by atoms with E-state index in [-0.39, 0.29) is 10.8 Å². The summed E-state index contributed by atoms with van der Waals surface area (Å²) < 4.78 is 26.1. The highest BCUT2D eigenvalue weighted by atomic mass is 32.2. The first-order valence-corrected chi connectivity index (χ1v) is 8.85. The minimum Gasteiger partial charge on any atom is -0.348 e. The summed E-state index contributed by atoms with van der Waals surface area (Å²) in [4.78, 5) is 12.3. The summed E-state index contributed by atoms with van der Waals surface area (Å²) in [6.45, 7) is 4.46. The van der Waals surface area contributed by atoms with Crippen LogP contribution >= 0.6 is 0 Å². The Balaban J connectivity index is 2.05. The van der Waals surface area contributed by atoms with E-state index in [1.54, 1.807) is 6.92 Å². The average Bonchev–Trinajstić information content (AvgIpc) is 2.54. The Morgan fingerprint density at radius 3 is 2.30 bits per heavy atom. The van der Waals surface area contributed by atoms with Crippen LogP contribution in [0.15, 0.2) is 53.4 Å². The van der Waals surface area contributed by atoms with Gasteiger partial charge < -0.3 is 5.32 Å². The van der Waals surface area contributed by atoms with Gasteiger partial charge in [-0.2, -0.15) is 0 Å². The Morgan fingerprint density at radius 1 is 1.04 bits per heavy atom. The maximum Gasteiger partial charge on any atom is 0.251 e. The van der Waals surface area contributed by atoms with E-state index >= 15 is 0 Å². The molecule has 0 fully saturated rings. The maximum absolute atomic E-state index is 12.1. The number of sulfonamides is 1. The van der Waals surface area contributed by atoms with Crippen LogP contribution in [0.25, 0.3) is 0 Å². The van der Waals surface area contributed by atoms with Crippen LogP contribution in [0.3, 0.4) is 0 Å². The molecule has 5 nitrogen and oxygen atoms in total. The molecule has 0 saturated heterocycles. The van der Waals surface area contributed by atoms with E-state index in [2.05, 4.69) is 10.0 Å². The van der Waals surface area contributed by atoms with Gasteiger partial charge in [-0.15, -0.1) is 0 Å². The van der Waals surface area contributed by atoms with Crippen molar-refractivity contribution in [3.63, 3.8) is 0 Å². The summed E-state index contributed by atoms with van der Waals surface area (Å²) in [7, 11) is -3.50. The van der Waals surface area contributed by atoms with Crippen molar-refractivity contribution >= 4 is 15.9 Å². The molecule has 0 saturated carbocycles. The maximum atomic E-state index is 12.1. The molecular weight excluding hydrogens is 312 g/mol. The molecule has 0 bridgehead atoms. The second-order valence-electron chi connectivity index (χ2n) is 5.13. The first-order valence-electron chi connectivity index (χ1n) is 7.36. The molecule has 23 heavy (non-hydrogen) atoms. The highest BCUT2D eigenvalue weighted by Crippen LogP contribution is 2.11. The first-order chi connectivity index (χ1) is 10.9. The Labute approximate surface area is 136 Å². The molecule has 0 spiro atoms. The lowest BCUT2D eigenvalue weighted by Crippen LogP contribution is -2.24. The average molecular weight is 332 g/mol. The summed E-state index contributed by atoms with van der Waals surface area (Å²) in [6, 6.07) is 13.7. The van der Waals surface area contributed by atoms with Crippen molar-refractivity contribution in [2.45, 2.75) is 25.3 Å². The van der Waals surface area contributed by atoms with Crippen molar-refractivity contribution in [1.29, 1.82) is 0 Å². The molecule has 2 aromatic carbocycles. The van der Waals surface area contributed by atoms with Crippen LogP contribution in [0.5, 0.6) is 0 Å². The molecule has 2 rings (SSSR count). The van der Waals surface area contributed by atoms with E-state index < -0.39 is 10.0 Å². The zero-order chi connectivity index (χ0) is 16.9. The Bertz CT molecular complexity index is 784. The van der Waals surface area contributed by atoms with Crippen LogP contribution in [0.1, 0.15) is 28.4 Å². The Morgan fingerprint density at radius 2 is 1.70 bits per heavy atom. The third kappa shape index (κ3) is 4.40. The van der Waals surface area contributed by atoms with Crippen LogP contribution in [0.4, 0.5) is 0 Å². The predicted molar refractivity (Wildman–Crippen MR) is 89.7 cm³/mol. The van der Waals surface area contributed by atoms with Crippen molar-refractivity contribution in [2.75, 3.05) is 6.54 Å². The monoisotopic (exact) mass is 332 g/mol. The minimum atomic E-state index is -3.50. The van der Waals surface area contributed by atoms with Gasteiger partial charge >= 0.3 is 0 Å². The Hall–Kier alpha value is -2.18. The molecule has 6 heteroatoms. The highest BCUT2D eigenvalue weighted by molar-refractivity contribution is 7.89. The molecular formula is C17H20N2O3S. The number of nitrogens with one attached hydrogen (secondary N) is 2. The molecule has 0 aromatic heterocycles. The van der Waals surface area contributed by atoms with Gasteiger partial charge in [0.15, 0.2) is 0 Å². The normalized spacial score (nSPS) is 11.2. The van der Waals surface area contributed by atoms with Gasteiger partial charge in [0.1, 0.15) is 0 Å². The SMILES string of the molecule is CCNS(=O)(=O)c1ccc(C(=O)NCc2ccccc2C)cc1. The molecule has 0 aliphatic rings. The molecule has 0 heterocycles. The standard InChI is InChI=1S/C17H20N2O3S/c1-3-19-23(21,22)16-10-8-14(9-11-16)17(20)18-12-15-7-5-4-6-13(15)2/h4-11,19H,3,12H2,1-2H3,(H,18,20). The summed E-state index contributed by atoms with van der Waals surface area (Å²) in [6.07, 6.45) is 0. The van der Waals surface area contributed by atoms with Gasteiger partial charge in [0, 0.05) is 18.7 Å². The minimum absolute atomic E-state index is 0.148. The van der Waals surface area contributed by atoms with Gasteiger partial charge in [0.2, 0.25) is 10.0 Å². The third-order valence-electron chi connectivity index (χ3n) is 3.46. The van der Waals surface area contributed by atoms with Gasteiger partial charge in [0.05, 0.1) is 4.90 Å². The molecule has 0 atom stereocenters. The molecule has 0 radical (unpaired) electrons. The van der Waals surface area contributed by atoms with Crippen molar-refractivity contribution in [2.24, 2.45) is 0 Å². The summed E-state index contributed by atoms with van der Waals surface area (Å²) in [5, 5.41) is 2.84. The van der Waals surface area contributed by atoms with Crippen LogP contribution in [-0.2, 0) is 16.6 Å². The van der Waals surface area contributed by atoms with Crippen LogP contribution in [0, 0.1) is 6.92 Å². The molecule has 0 unspecified atom stereocenters. The van der Waals surface area contributed by atoms with Crippen LogP contribution < -0.4 is 10.0 Å². The van der Waals surface area contributed by atoms with Crippen molar-refractivity contribution in [3.05, 3.63) is 65.2 Å². The lowest BCUT2D eigenvalue weighted by Gasteiger charge is -2.09. The van der Waals surface area contributed by atoms with Crippen LogP contribution in [0.2, 0.25) is 0 Å². The Kier molecular flexibility index (Phi) is 5.52. The zero-order valence-electron chi connectivity index (χ0n) is 13.2. The number of carbonyl (C=O) groups is 1. The number of carbonyl (C=O) groups excluding carboxylic acids is 1. The van der Waals surface area contributed by atoms with Crippen molar-refractivity contribution < 1.29 is 13.2 Å². The van der Waals surface area contributed by atoms with Gasteiger partial charge in [-0.1, -0.05) is 31.2 Å². The molecule has 1 amide bonds. The van der Waals surface area contributed by atoms with Gasteiger partial charge in [-0.3, -0.25) is 4.79 Å². The largest absolute Gasteiger partial charge is 0.348 e. The van der Waals surface area contributed by atoms with E-state index in [0.29, 0.717) is 18.7 Å². The van der Waals surface area contributed by atoms with Gasteiger partial charge in [0.25, 0.3) is 5.91 Å². The number of benzene rings is 2. The number of rotatable bonds is 6. The first kappa shape index (κ1) is 17.2. The third-order valence-corrected chi connectivity index (χ3v) is 5.02. The smallest absolute Gasteiger partial charge is 0.251 e. The highest BCUT2D eigenvalue weighted by Gasteiger charge is 2.13. The molecule has 0 aliphatic heterocycles. The summed E-state index contributed by atoms with van der Waals surface area (Å²) in [5.74, 6) is -0.236. The van der Waals surface area contributed by atoms with Crippen molar-refractivity contribution in [3.8, 4) is 0 Å². The van der Waals surface area contributed by atoms with E-state index in [4.69, 9.17) is 0 Å². The summed E-state index contributed by atoms with van der Waals surface area (Å²) >= 11 is 0. The molecule has 2 aromatic rings. The fourth-order valence-corrected chi connectivity index (χ4v) is 3.19. The van der Waals surface area contributed by atoms with E-state index in [1.165, 1.54) is 24.3 Å². The zero-order valence-corrected chi connectivity index (χ0v) is 14.0. The second kappa shape index (κ2) is 7.39. The lowest BCUT2D eigenvalue weighted by atomic mass is 10.1. The van der Waals surface area contributed by atoms with Gasteiger partial charge in [-0.05, 0) is 42.3 Å². The number of aryl methyl sites for hydroxylation is 1. The topological polar surface area (TPSA) is 75.3 Å². The van der Waals surface area contributed by atoms with E-state index in [9.17, 15) is 13.2 Å². The van der Waals surface area contributed by atoms with E-state index in [0.717, 1.165) is 11.1 Å². The second-order valence-corrected chi connectivity index (χ2v) is 6.90. The fraction of sp³-hybridized carbons (Fsp3) is 0.235. The van der Waals surface area contributed by atoms with E-state index in [1.807, 2.05) is 31.2 Å². The summed E-state index contributed by atoms with van der Waals surface area (Å²) in [5.41, 5.74) is 2.58. The van der Waals surface area contributed by atoms with Crippen LogP contribution in [-0.4, -0.2) is 20.9 Å². The number of hydrogen-bond donors (Lipinski definition) is 2. The fourth-order valence-electron chi connectivity index (χ4n) is 2.14. The lowest BCUT2D eigenvalue weighted by molar-refractivity contribution is 0.0951.